The highest BCUT2D eigenvalue weighted by atomic mass is 19.4. The third-order valence-electron chi connectivity index (χ3n) is 2.82. The van der Waals surface area contributed by atoms with Crippen molar-refractivity contribution in [3.8, 4) is 0 Å². The van der Waals surface area contributed by atoms with E-state index in [1.807, 2.05) is 20.8 Å². The first-order valence-corrected chi connectivity index (χ1v) is 5.68. The highest BCUT2D eigenvalue weighted by Gasteiger charge is 2.51. The first-order valence-electron chi connectivity index (χ1n) is 5.68. The van der Waals surface area contributed by atoms with Crippen LogP contribution >= 0.6 is 0 Å². The zero-order valence-electron chi connectivity index (χ0n) is 12.1. The zero-order chi connectivity index (χ0) is 14.8. The van der Waals surface area contributed by atoms with Crippen molar-refractivity contribution in [2.45, 2.75) is 40.8 Å². The second-order valence-corrected chi connectivity index (χ2v) is 5.69. The molecule has 5 heteroatoms. The third-order valence-corrected chi connectivity index (χ3v) is 2.82. The standard InChI is InChI=1S/C13H22F3NO/c1-11(2,3)9(17-6)8-10(18-7)12(4,5)13(14,15)16/h8H,1-7H3/b10-8-,17-9+. The normalized spacial score (nSPS) is 15.9. The monoisotopic (exact) mass is 265 g/mol. The van der Waals surface area contributed by atoms with E-state index in [0.29, 0.717) is 5.71 Å². The summed E-state index contributed by atoms with van der Waals surface area (Å²) in [5.74, 6) is -0.134. The minimum Gasteiger partial charge on any atom is -0.500 e. The van der Waals surface area contributed by atoms with Gasteiger partial charge in [-0.2, -0.15) is 13.2 Å². The van der Waals surface area contributed by atoms with E-state index in [1.54, 1.807) is 7.05 Å². The number of ether oxygens (including phenoxy) is 1. The maximum Gasteiger partial charge on any atom is 0.400 e. The fourth-order valence-corrected chi connectivity index (χ4v) is 1.37. The van der Waals surface area contributed by atoms with E-state index in [4.69, 9.17) is 4.74 Å². The van der Waals surface area contributed by atoms with Gasteiger partial charge >= 0.3 is 6.18 Å². The molecule has 0 aliphatic rings. The van der Waals surface area contributed by atoms with E-state index >= 15 is 0 Å². The summed E-state index contributed by atoms with van der Waals surface area (Å²) in [7, 11) is 2.81. The molecule has 0 aliphatic carbocycles. The van der Waals surface area contributed by atoms with Crippen LogP contribution in [-0.4, -0.2) is 26.0 Å². The maximum atomic E-state index is 13.0. The second kappa shape index (κ2) is 5.33. The zero-order valence-corrected chi connectivity index (χ0v) is 12.1. The van der Waals surface area contributed by atoms with Gasteiger partial charge in [0.05, 0.1) is 7.11 Å². The van der Waals surface area contributed by atoms with E-state index in [-0.39, 0.29) is 11.2 Å². The summed E-state index contributed by atoms with van der Waals surface area (Å²) >= 11 is 0. The highest BCUT2D eigenvalue weighted by molar-refractivity contribution is 5.99. The molecule has 0 atom stereocenters. The van der Waals surface area contributed by atoms with Crippen LogP contribution in [-0.2, 0) is 4.74 Å². The molecule has 0 unspecified atom stereocenters. The first kappa shape index (κ1) is 17.0. The van der Waals surface area contributed by atoms with Crippen LogP contribution in [0.1, 0.15) is 34.6 Å². The number of rotatable bonds is 3. The van der Waals surface area contributed by atoms with Crippen LogP contribution < -0.4 is 0 Å². The van der Waals surface area contributed by atoms with Crippen molar-refractivity contribution in [2.75, 3.05) is 14.2 Å². The average molecular weight is 265 g/mol. The van der Waals surface area contributed by atoms with Gasteiger partial charge in [-0.3, -0.25) is 4.99 Å². The van der Waals surface area contributed by atoms with E-state index in [1.165, 1.54) is 13.2 Å². The summed E-state index contributed by atoms with van der Waals surface area (Å²) in [5, 5.41) is 0. The quantitative estimate of drug-likeness (QED) is 0.553. The van der Waals surface area contributed by atoms with Gasteiger partial charge in [0, 0.05) is 18.2 Å². The number of aliphatic imine (C=N–C) groups is 1. The molecule has 0 bridgehead atoms. The molecule has 0 aliphatic heterocycles. The summed E-state index contributed by atoms with van der Waals surface area (Å²) in [6, 6.07) is 0. The van der Waals surface area contributed by atoms with Crippen molar-refractivity contribution in [3.05, 3.63) is 11.8 Å². The molecule has 18 heavy (non-hydrogen) atoms. The second-order valence-electron chi connectivity index (χ2n) is 5.69. The summed E-state index contributed by atoms with van der Waals surface area (Å²) in [6.07, 6.45) is -2.99. The third kappa shape index (κ3) is 3.75. The van der Waals surface area contributed by atoms with Gasteiger partial charge in [-0.05, 0) is 19.9 Å². The largest absolute Gasteiger partial charge is 0.500 e. The number of alkyl halides is 3. The molecule has 0 N–H and O–H groups in total. The lowest BCUT2D eigenvalue weighted by Gasteiger charge is -2.30. The van der Waals surface area contributed by atoms with Crippen molar-refractivity contribution in [3.63, 3.8) is 0 Å². The molecule has 0 aromatic heterocycles. The smallest absolute Gasteiger partial charge is 0.400 e. The summed E-state index contributed by atoms with van der Waals surface area (Å²) in [4.78, 5) is 4.04. The van der Waals surface area contributed by atoms with Crippen LogP contribution in [0.2, 0.25) is 0 Å². The van der Waals surface area contributed by atoms with Crippen molar-refractivity contribution in [1.29, 1.82) is 0 Å². The van der Waals surface area contributed by atoms with Crippen molar-refractivity contribution in [1.82, 2.24) is 0 Å². The van der Waals surface area contributed by atoms with Crippen LogP contribution in [0.3, 0.4) is 0 Å². The predicted molar refractivity (Wildman–Crippen MR) is 67.7 cm³/mol. The van der Waals surface area contributed by atoms with Gasteiger partial charge in [-0.1, -0.05) is 20.8 Å². The molecular formula is C13H22F3NO. The van der Waals surface area contributed by atoms with E-state index in [0.717, 1.165) is 13.8 Å². The lowest BCUT2D eigenvalue weighted by atomic mass is 9.84. The predicted octanol–water partition coefficient (Wildman–Crippen LogP) is 4.22. The lowest BCUT2D eigenvalue weighted by Crippen LogP contribution is -2.35. The molecule has 0 saturated carbocycles. The minimum absolute atomic E-state index is 0.134. The molecule has 2 nitrogen and oxygen atoms in total. The molecule has 0 radical (unpaired) electrons. The molecule has 0 saturated heterocycles. The van der Waals surface area contributed by atoms with Gasteiger partial charge in [-0.25, -0.2) is 0 Å². The van der Waals surface area contributed by atoms with Crippen LogP contribution in [0.4, 0.5) is 13.2 Å². The molecule has 0 aromatic carbocycles. The Bertz CT molecular complexity index is 346. The number of nitrogens with zero attached hydrogens (tertiary/aromatic N) is 1. The molecule has 106 valence electrons. The Morgan fingerprint density at radius 1 is 1.06 bits per heavy atom. The van der Waals surface area contributed by atoms with Crippen LogP contribution in [0.15, 0.2) is 16.8 Å². The summed E-state index contributed by atoms with van der Waals surface area (Å²) < 4.78 is 43.8. The Hall–Kier alpha value is -1.00. The molecule has 0 fully saturated rings. The number of methoxy groups -OCH3 is 1. The molecule has 0 heterocycles. The summed E-state index contributed by atoms with van der Waals surface area (Å²) in [6.45, 7) is 7.86. The van der Waals surface area contributed by atoms with Crippen LogP contribution in [0.5, 0.6) is 0 Å². The molecular weight excluding hydrogens is 243 g/mol. The number of hydrogen-bond acceptors (Lipinski definition) is 2. The fourth-order valence-electron chi connectivity index (χ4n) is 1.37. The minimum atomic E-state index is -4.37. The van der Waals surface area contributed by atoms with Crippen molar-refractivity contribution < 1.29 is 17.9 Å². The van der Waals surface area contributed by atoms with E-state index < -0.39 is 11.6 Å². The Morgan fingerprint density at radius 3 is 1.72 bits per heavy atom. The van der Waals surface area contributed by atoms with Gasteiger partial charge in [0.25, 0.3) is 0 Å². The van der Waals surface area contributed by atoms with E-state index in [9.17, 15) is 13.2 Å². The van der Waals surface area contributed by atoms with Crippen molar-refractivity contribution in [2.24, 2.45) is 15.8 Å². The first-order chi connectivity index (χ1) is 7.87. The topological polar surface area (TPSA) is 21.6 Å². The fraction of sp³-hybridized carbons (Fsp3) is 0.769. The summed E-state index contributed by atoms with van der Waals surface area (Å²) in [5.41, 5.74) is -1.81. The Morgan fingerprint density at radius 2 is 1.50 bits per heavy atom. The maximum absolute atomic E-state index is 13.0. The van der Waals surface area contributed by atoms with Gasteiger partial charge in [0.15, 0.2) is 0 Å². The molecule has 0 rings (SSSR count). The van der Waals surface area contributed by atoms with Gasteiger partial charge in [0.2, 0.25) is 0 Å². The average Bonchev–Trinajstić information content (AvgIpc) is 2.14. The Labute approximate surface area is 107 Å². The Balaban J connectivity index is 5.61. The van der Waals surface area contributed by atoms with Gasteiger partial charge < -0.3 is 4.74 Å². The molecule has 0 spiro atoms. The Kier molecular flexibility index (Phi) is 5.03. The molecule has 0 amide bonds. The highest BCUT2D eigenvalue weighted by Crippen LogP contribution is 2.43. The van der Waals surface area contributed by atoms with E-state index in [2.05, 4.69) is 4.99 Å². The number of halogens is 3. The number of allylic oxidation sites excluding steroid dienone is 2. The van der Waals surface area contributed by atoms with Gasteiger partial charge in [0.1, 0.15) is 11.2 Å². The van der Waals surface area contributed by atoms with Gasteiger partial charge in [-0.15, -0.1) is 0 Å². The number of hydrogen-bond donors (Lipinski definition) is 0. The van der Waals surface area contributed by atoms with Crippen molar-refractivity contribution >= 4 is 5.71 Å². The van der Waals surface area contributed by atoms with Crippen LogP contribution in [0.25, 0.3) is 0 Å². The molecule has 0 aromatic rings. The lowest BCUT2D eigenvalue weighted by molar-refractivity contribution is -0.207. The van der Waals surface area contributed by atoms with Crippen LogP contribution in [0, 0.1) is 10.8 Å². The SMILES string of the molecule is C/N=C(\C=C(/OC)C(C)(C)C(F)(F)F)C(C)(C)C.